The van der Waals surface area contributed by atoms with Gasteiger partial charge in [-0.15, -0.1) is 0 Å². The second-order valence-corrected chi connectivity index (χ2v) is 12.1. The molecule has 4 saturated heterocycles. The van der Waals surface area contributed by atoms with Crippen LogP contribution in [-0.4, -0.2) is 61.6 Å². The van der Waals surface area contributed by atoms with Crippen LogP contribution >= 0.6 is 0 Å². The Morgan fingerprint density at radius 1 is 0.477 bits per heavy atom. The van der Waals surface area contributed by atoms with Crippen molar-refractivity contribution in [1.29, 1.82) is 0 Å². The molecular weight excluding hydrogens is 564 g/mol. The van der Waals surface area contributed by atoms with Gasteiger partial charge >= 0.3 is 23.9 Å². The lowest BCUT2D eigenvalue weighted by molar-refractivity contribution is -0.291. The van der Waals surface area contributed by atoms with Crippen LogP contribution in [-0.2, 0) is 38.1 Å². The summed E-state index contributed by atoms with van der Waals surface area (Å²) in [5, 5.41) is 0. The van der Waals surface area contributed by atoms with Gasteiger partial charge in [-0.2, -0.15) is 0 Å². The van der Waals surface area contributed by atoms with Gasteiger partial charge in [0, 0.05) is 63.2 Å². The number of rotatable bonds is 4. The summed E-state index contributed by atoms with van der Waals surface area (Å²) in [6.45, 7) is 4.08. The molecule has 0 amide bonds. The van der Waals surface area contributed by atoms with Crippen molar-refractivity contribution in [3.8, 4) is 0 Å². The van der Waals surface area contributed by atoms with Gasteiger partial charge in [0.05, 0.1) is 0 Å². The molecule has 1 saturated carbocycles. The molecule has 0 atom stereocenters. The van der Waals surface area contributed by atoms with Gasteiger partial charge in [0.2, 0.25) is 0 Å². The third-order valence-electron chi connectivity index (χ3n) is 9.12. The average Bonchev–Trinajstić information content (AvgIpc) is 3.75. The van der Waals surface area contributed by atoms with Gasteiger partial charge in [-0.1, -0.05) is 24.3 Å². The van der Waals surface area contributed by atoms with Gasteiger partial charge in [0.25, 0.3) is 11.6 Å². The first kappa shape index (κ1) is 28.2. The van der Waals surface area contributed by atoms with Crippen molar-refractivity contribution in [3.05, 3.63) is 70.8 Å². The quantitative estimate of drug-likeness (QED) is 0.283. The summed E-state index contributed by atoms with van der Waals surface area (Å²) < 4.78 is 22.6. The highest BCUT2D eigenvalue weighted by Gasteiger charge is 2.56. The van der Waals surface area contributed by atoms with Gasteiger partial charge in [-0.25, -0.2) is 19.2 Å². The number of esters is 4. The third kappa shape index (κ3) is 5.44. The number of hydrogen-bond donors (Lipinski definition) is 0. The monoisotopic (exact) mass is 598 g/mol. The maximum atomic E-state index is 13.0. The molecule has 0 N–H and O–H groups in total. The summed E-state index contributed by atoms with van der Waals surface area (Å²) in [5.74, 6) is -6.14. The van der Waals surface area contributed by atoms with E-state index < -0.39 is 35.5 Å². The fourth-order valence-electron chi connectivity index (χ4n) is 6.61. The molecule has 2 aromatic carbocycles. The highest BCUT2D eigenvalue weighted by Crippen LogP contribution is 2.45. The molecule has 0 bridgehead atoms. The van der Waals surface area contributed by atoms with E-state index in [4.69, 9.17) is 18.9 Å². The molecule has 4 aliphatic heterocycles. The van der Waals surface area contributed by atoms with E-state index in [2.05, 4.69) is 9.80 Å². The van der Waals surface area contributed by atoms with E-state index in [1.165, 1.54) is 37.8 Å². The Balaban J connectivity index is 0.980. The predicted octanol–water partition coefficient (Wildman–Crippen LogP) is 4.52. The highest BCUT2D eigenvalue weighted by molar-refractivity contribution is 6.19. The summed E-state index contributed by atoms with van der Waals surface area (Å²) in [4.78, 5) is 56.4. The molecule has 2 spiro atoms. The molecule has 10 nitrogen and oxygen atoms in total. The van der Waals surface area contributed by atoms with Crippen molar-refractivity contribution in [1.82, 2.24) is 0 Å². The van der Waals surface area contributed by atoms with Crippen LogP contribution in [0, 0.1) is 0 Å². The zero-order valence-electron chi connectivity index (χ0n) is 24.4. The molecule has 10 heteroatoms. The Morgan fingerprint density at radius 3 is 1.07 bits per heavy atom. The van der Waals surface area contributed by atoms with Crippen molar-refractivity contribution >= 4 is 47.4 Å². The van der Waals surface area contributed by atoms with E-state index in [9.17, 15) is 19.2 Å². The largest absolute Gasteiger partial charge is 0.419 e. The van der Waals surface area contributed by atoms with Crippen molar-refractivity contribution in [2.45, 2.75) is 62.9 Å². The van der Waals surface area contributed by atoms with Crippen LogP contribution in [0.2, 0.25) is 0 Å². The van der Waals surface area contributed by atoms with Crippen molar-refractivity contribution in [2.24, 2.45) is 0 Å². The maximum absolute atomic E-state index is 13.0. The van der Waals surface area contributed by atoms with Crippen molar-refractivity contribution in [3.63, 3.8) is 0 Å². The standard InChI is InChI=1S/C34H34N2O8/c37-29-27(21-23-5-9-25(10-6-23)35-17-1-2-18-35)30(38)42-33(41-29)13-15-34(16-14-33)43-31(39)28(32(40)44-34)22-24-7-11-26(12-8-24)36-19-3-4-20-36/h5-12,21-22H,1-4,13-20H2. The molecule has 7 rings (SSSR count). The molecule has 1 aliphatic carbocycles. The normalized spacial score (nSPS) is 26.9. The Kier molecular flexibility index (Phi) is 7.14. The summed E-state index contributed by atoms with van der Waals surface area (Å²) in [6, 6.07) is 15.3. The Hall–Kier alpha value is -4.60. The summed E-state index contributed by atoms with van der Waals surface area (Å²) >= 11 is 0. The van der Waals surface area contributed by atoms with Crippen LogP contribution in [0.4, 0.5) is 11.4 Å². The first-order valence-corrected chi connectivity index (χ1v) is 15.4. The lowest BCUT2D eigenvalue weighted by Crippen LogP contribution is -2.56. The summed E-state index contributed by atoms with van der Waals surface area (Å²) in [7, 11) is 0. The molecule has 2 aromatic rings. The maximum Gasteiger partial charge on any atom is 0.348 e. The van der Waals surface area contributed by atoms with Gasteiger partial charge in [0.1, 0.15) is 11.1 Å². The van der Waals surface area contributed by atoms with E-state index in [1.54, 1.807) is 0 Å². The number of anilines is 2. The van der Waals surface area contributed by atoms with Gasteiger partial charge in [0.15, 0.2) is 0 Å². The minimum absolute atomic E-state index is 0.0138. The number of benzene rings is 2. The van der Waals surface area contributed by atoms with Crippen LogP contribution in [0.5, 0.6) is 0 Å². The van der Waals surface area contributed by atoms with Crippen molar-refractivity contribution in [2.75, 3.05) is 36.0 Å². The van der Waals surface area contributed by atoms with Crippen LogP contribution in [0.3, 0.4) is 0 Å². The number of hydrogen-bond acceptors (Lipinski definition) is 10. The van der Waals surface area contributed by atoms with Gasteiger partial charge in [-0.3, -0.25) is 0 Å². The minimum Gasteiger partial charge on any atom is -0.419 e. The summed E-state index contributed by atoms with van der Waals surface area (Å²) in [6.07, 6.45) is 7.67. The number of nitrogens with zero attached hydrogens (tertiary/aromatic N) is 2. The SMILES string of the molecule is O=C1OC2(CCC3(CC2)OC(=O)C(=Cc2ccc(N4CCCC4)cc2)C(=O)O3)OC(=O)C1=Cc1ccc(N2CCCC2)cc1. The van der Waals surface area contributed by atoms with E-state index in [1.807, 2.05) is 48.5 Å². The average molecular weight is 599 g/mol. The first-order valence-electron chi connectivity index (χ1n) is 15.4. The van der Waals surface area contributed by atoms with E-state index in [0.717, 1.165) is 37.6 Å². The molecule has 0 aromatic heterocycles. The molecule has 5 fully saturated rings. The Bertz CT molecular complexity index is 1380. The van der Waals surface area contributed by atoms with Crippen LogP contribution < -0.4 is 9.80 Å². The zero-order chi connectivity index (χ0) is 30.3. The molecular formula is C34H34N2O8. The minimum atomic E-state index is -1.51. The molecule has 0 unspecified atom stereocenters. The smallest absolute Gasteiger partial charge is 0.348 e. The first-order chi connectivity index (χ1) is 21.3. The second-order valence-electron chi connectivity index (χ2n) is 12.1. The van der Waals surface area contributed by atoms with Gasteiger partial charge < -0.3 is 28.7 Å². The Labute approximate surface area is 255 Å². The molecule has 228 valence electrons. The topological polar surface area (TPSA) is 112 Å². The molecule has 0 radical (unpaired) electrons. The second kappa shape index (κ2) is 11.2. The fourth-order valence-corrected chi connectivity index (χ4v) is 6.61. The van der Waals surface area contributed by atoms with Gasteiger partial charge in [-0.05, 0) is 73.2 Å². The van der Waals surface area contributed by atoms with E-state index in [0.29, 0.717) is 11.1 Å². The lowest BCUT2D eigenvalue weighted by Gasteiger charge is -2.46. The molecule has 5 aliphatic rings. The fraction of sp³-hybridized carbons (Fsp3) is 0.412. The van der Waals surface area contributed by atoms with Crippen LogP contribution in [0.25, 0.3) is 12.2 Å². The van der Waals surface area contributed by atoms with Crippen LogP contribution in [0.1, 0.15) is 62.5 Å². The number of ether oxygens (including phenoxy) is 4. The van der Waals surface area contributed by atoms with E-state index in [-0.39, 0.29) is 36.8 Å². The lowest BCUT2D eigenvalue weighted by atomic mass is 9.87. The molecule has 44 heavy (non-hydrogen) atoms. The zero-order valence-corrected chi connectivity index (χ0v) is 24.4. The summed E-state index contributed by atoms with van der Waals surface area (Å²) in [5.41, 5.74) is 3.19. The highest BCUT2D eigenvalue weighted by atomic mass is 16.8. The third-order valence-corrected chi connectivity index (χ3v) is 9.12. The van der Waals surface area contributed by atoms with E-state index >= 15 is 0 Å². The molecule has 4 heterocycles. The number of carbonyl (C=O) groups excluding carboxylic acids is 4. The van der Waals surface area contributed by atoms with Crippen molar-refractivity contribution < 1.29 is 38.1 Å². The number of carbonyl (C=O) groups is 4. The predicted molar refractivity (Wildman–Crippen MR) is 160 cm³/mol. The van der Waals surface area contributed by atoms with Crippen LogP contribution in [0.15, 0.2) is 59.7 Å². The Morgan fingerprint density at radius 2 is 0.773 bits per heavy atom.